The van der Waals surface area contributed by atoms with Gasteiger partial charge < -0.3 is 0 Å². The molecule has 0 aromatic heterocycles. The molecule has 0 aliphatic carbocycles. The van der Waals surface area contributed by atoms with Crippen molar-refractivity contribution < 1.29 is 0 Å². The van der Waals surface area contributed by atoms with Crippen LogP contribution in [0.3, 0.4) is 0 Å². The molecule has 0 saturated carbocycles. The van der Waals surface area contributed by atoms with Gasteiger partial charge in [-0.05, 0) is 25.8 Å². The van der Waals surface area contributed by atoms with Gasteiger partial charge in [0.05, 0.1) is 0 Å². The maximum atomic E-state index is 3.83. The molecule has 0 N–H and O–H groups in total. The van der Waals surface area contributed by atoms with Crippen LogP contribution in [-0.4, -0.2) is 0 Å². The smallest absolute Gasteiger partial charge is 0.0101 e. The van der Waals surface area contributed by atoms with E-state index >= 15 is 0 Å². The molecule has 0 aliphatic heterocycles. The number of allylic oxidation sites excluding steroid dienone is 4. The Bertz CT molecular complexity index is 138. The molecule has 50 valence electrons. The van der Waals surface area contributed by atoms with Gasteiger partial charge in [-0.2, -0.15) is 0 Å². The van der Waals surface area contributed by atoms with Crippen molar-refractivity contribution >= 4 is 0 Å². The van der Waals surface area contributed by atoms with Crippen LogP contribution < -0.4 is 0 Å². The molecule has 0 spiro atoms. The summed E-state index contributed by atoms with van der Waals surface area (Å²) < 4.78 is 0. The van der Waals surface area contributed by atoms with Crippen LogP contribution in [0.5, 0.6) is 0 Å². The lowest BCUT2D eigenvalue weighted by atomic mass is 10.1. The van der Waals surface area contributed by atoms with E-state index in [0.717, 1.165) is 12.0 Å². The monoisotopic (exact) mass is 122 g/mol. The van der Waals surface area contributed by atoms with E-state index in [1.165, 1.54) is 5.57 Å². The van der Waals surface area contributed by atoms with Crippen molar-refractivity contribution in [1.82, 2.24) is 0 Å². The van der Waals surface area contributed by atoms with Crippen LogP contribution in [0, 0.1) is 0 Å². The van der Waals surface area contributed by atoms with Crippen molar-refractivity contribution in [2.75, 3.05) is 0 Å². The van der Waals surface area contributed by atoms with Gasteiger partial charge in [0.2, 0.25) is 0 Å². The van der Waals surface area contributed by atoms with Crippen molar-refractivity contribution in [1.29, 1.82) is 0 Å². The van der Waals surface area contributed by atoms with Crippen LogP contribution in [0.1, 0.15) is 20.3 Å². The highest BCUT2D eigenvalue weighted by atomic mass is 14.0. The lowest BCUT2D eigenvalue weighted by Gasteiger charge is -1.99. The van der Waals surface area contributed by atoms with Crippen molar-refractivity contribution in [3.8, 4) is 0 Å². The van der Waals surface area contributed by atoms with Gasteiger partial charge in [-0.1, -0.05) is 24.3 Å². The van der Waals surface area contributed by atoms with Gasteiger partial charge in [0.25, 0.3) is 0 Å². The van der Waals surface area contributed by atoms with Crippen LogP contribution in [0.25, 0.3) is 0 Å². The Hall–Kier alpha value is -0.780. The second-order valence-electron chi connectivity index (χ2n) is 2.09. The first kappa shape index (κ1) is 8.22. The van der Waals surface area contributed by atoms with Crippen LogP contribution in [-0.2, 0) is 0 Å². The lowest BCUT2D eigenvalue weighted by Crippen LogP contribution is -1.79. The van der Waals surface area contributed by atoms with Crippen LogP contribution >= 0.6 is 0 Å². The van der Waals surface area contributed by atoms with Gasteiger partial charge in [-0.15, -0.1) is 6.58 Å². The molecule has 0 fully saturated rings. The zero-order chi connectivity index (χ0) is 7.28. The minimum absolute atomic E-state index is 0.936. The highest BCUT2D eigenvalue weighted by molar-refractivity contribution is 5.27. The Morgan fingerprint density at radius 1 is 1.56 bits per heavy atom. The van der Waals surface area contributed by atoms with Crippen LogP contribution in [0.4, 0.5) is 0 Å². The van der Waals surface area contributed by atoms with E-state index in [2.05, 4.69) is 19.2 Å². The second kappa shape index (κ2) is 4.13. The molecule has 0 rings (SSSR count). The van der Waals surface area contributed by atoms with Gasteiger partial charge in [-0.25, -0.2) is 0 Å². The first-order valence-electron chi connectivity index (χ1n) is 3.14. The third-order valence-corrected chi connectivity index (χ3v) is 1.26. The van der Waals surface area contributed by atoms with E-state index in [1.807, 2.05) is 19.9 Å². The first-order chi connectivity index (χ1) is 4.22. The summed E-state index contributed by atoms with van der Waals surface area (Å²) in [7, 11) is 0. The Balaban J connectivity index is 4.00. The average Bonchev–Trinajstić information content (AvgIpc) is 1.82. The van der Waals surface area contributed by atoms with E-state index in [0.29, 0.717) is 0 Å². The van der Waals surface area contributed by atoms with Crippen molar-refractivity contribution in [3.63, 3.8) is 0 Å². The van der Waals surface area contributed by atoms with Crippen molar-refractivity contribution in [2.45, 2.75) is 20.3 Å². The zero-order valence-corrected chi connectivity index (χ0v) is 6.28. The van der Waals surface area contributed by atoms with Crippen LogP contribution in [0.2, 0.25) is 0 Å². The SMILES string of the molecule is C=CC/C(=C/C)C(=C)C. The van der Waals surface area contributed by atoms with E-state index in [-0.39, 0.29) is 0 Å². The maximum absolute atomic E-state index is 3.83. The number of rotatable bonds is 3. The Morgan fingerprint density at radius 2 is 2.11 bits per heavy atom. The summed E-state index contributed by atoms with van der Waals surface area (Å²) in [5.41, 5.74) is 2.42. The van der Waals surface area contributed by atoms with Crippen molar-refractivity contribution in [3.05, 3.63) is 36.5 Å². The van der Waals surface area contributed by atoms with Gasteiger partial charge in [0.15, 0.2) is 0 Å². The summed E-state index contributed by atoms with van der Waals surface area (Å²) in [4.78, 5) is 0. The minimum Gasteiger partial charge on any atom is -0.103 e. The Morgan fingerprint density at radius 3 is 2.22 bits per heavy atom. The summed E-state index contributed by atoms with van der Waals surface area (Å²) in [6, 6.07) is 0. The summed E-state index contributed by atoms with van der Waals surface area (Å²) in [5.74, 6) is 0. The summed E-state index contributed by atoms with van der Waals surface area (Å²) >= 11 is 0. The summed E-state index contributed by atoms with van der Waals surface area (Å²) in [5, 5.41) is 0. The molecule has 0 bridgehead atoms. The topological polar surface area (TPSA) is 0 Å². The molecule has 0 unspecified atom stereocenters. The fraction of sp³-hybridized carbons (Fsp3) is 0.333. The number of hydrogen-bond donors (Lipinski definition) is 0. The minimum atomic E-state index is 0.936. The predicted octanol–water partition coefficient (Wildman–Crippen LogP) is 3.08. The van der Waals surface area contributed by atoms with E-state index < -0.39 is 0 Å². The Kier molecular flexibility index (Phi) is 3.78. The third-order valence-electron chi connectivity index (χ3n) is 1.26. The molecule has 0 nitrogen and oxygen atoms in total. The third kappa shape index (κ3) is 2.91. The van der Waals surface area contributed by atoms with Gasteiger partial charge in [0, 0.05) is 0 Å². The molecular formula is C9H14. The molecular weight excluding hydrogens is 108 g/mol. The fourth-order valence-corrected chi connectivity index (χ4v) is 0.694. The number of hydrogen-bond acceptors (Lipinski definition) is 0. The molecule has 0 saturated heterocycles. The van der Waals surface area contributed by atoms with Gasteiger partial charge in [0.1, 0.15) is 0 Å². The Labute approximate surface area is 57.6 Å². The molecule has 0 heterocycles. The summed E-state index contributed by atoms with van der Waals surface area (Å²) in [6.07, 6.45) is 4.90. The molecule has 0 atom stereocenters. The molecule has 0 radical (unpaired) electrons. The predicted molar refractivity (Wildman–Crippen MR) is 43.4 cm³/mol. The van der Waals surface area contributed by atoms with E-state index in [9.17, 15) is 0 Å². The van der Waals surface area contributed by atoms with Gasteiger partial charge >= 0.3 is 0 Å². The molecule has 0 aromatic rings. The molecule has 9 heavy (non-hydrogen) atoms. The quantitative estimate of drug-likeness (QED) is 0.398. The molecule has 0 aliphatic rings. The standard InChI is InChI=1S/C9H14/c1-5-7-9(6-2)8(3)4/h5-6H,1,3,7H2,2,4H3/b9-6-. The molecule has 0 heteroatoms. The normalized spacial score (nSPS) is 11.1. The lowest BCUT2D eigenvalue weighted by molar-refractivity contribution is 1.21. The highest BCUT2D eigenvalue weighted by Crippen LogP contribution is 2.10. The summed E-state index contributed by atoms with van der Waals surface area (Å²) in [6.45, 7) is 11.5. The zero-order valence-electron chi connectivity index (χ0n) is 6.28. The molecule has 0 aromatic carbocycles. The second-order valence-corrected chi connectivity index (χ2v) is 2.09. The molecule has 0 amide bonds. The van der Waals surface area contributed by atoms with E-state index in [4.69, 9.17) is 0 Å². The largest absolute Gasteiger partial charge is 0.103 e. The average molecular weight is 122 g/mol. The van der Waals surface area contributed by atoms with Crippen LogP contribution in [0.15, 0.2) is 36.5 Å². The van der Waals surface area contributed by atoms with E-state index in [1.54, 1.807) is 0 Å². The first-order valence-corrected chi connectivity index (χ1v) is 3.14. The maximum Gasteiger partial charge on any atom is -0.0101 e. The van der Waals surface area contributed by atoms with Crippen molar-refractivity contribution in [2.24, 2.45) is 0 Å². The fourth-order valence-electron chi connectivity index (χ4n) is 0.694. The van der Waals surface area contributed by atoms with Gasteiger partial charge in [-0.3, -0.25) is 0 Å². The highest BCUT2D eigenvalue weighted by Gasteiger charge is 1.90.